The molecule has 0 saturated heterocycles. The van der Waals surface area contributed by atoms with Crippen molar-refractivity contribution < 1.29 is 19.5 Å². The molecule has 180 valence electrons. The predicted molar refractivity (Wildman–Crippen MR) is 138 cm³/mol. The van der Waals surface area contributed by atoms with Crippen LogP contribution in [0.1, 0.15) is 36.0 Å². The Morgan fingerprint density at radius 3 is 1.97 bits per heavy atom. The Morgan fingerprint density at radius 2 is 1.37 bits per heavy atom. The standard InChI is InChI=1S/C27H24Cl2N2O4/c28-19-11-14-24(23(29)15-19)31-27(35)30-20-12-9-17(10-13-20)16-5-7-18(8-6-16)25(32)21-3-1-2-4-22(21)26(33)34/h5-15,21-22H,1-4H2,(H,33,34)(H2,30,31,35)/t21-,22-/m1/s1. The van der Waals surface area contributed by atoms with Crippen LogP contribution < -0.4 is 10.6 Å². The maximum absolute atomic E-state index is 13.0. The molecule has 1 aliphatic carbocycles. The van der Waals surface area contributed by atoms with Gasteiger partial charge in [0.2, 0.25) is 0 Å². The lowest BCUT2D eigenvalue weighted by atomic mass is 9.75. The smallest absolute Gasteiger partial charge is 0.323 e. The van der Waals surface area contributed by atoms with Crippen LogP contribution in [0.5, 0.6) is 0 Å². The normalized spacial score (nSPS) is 17.4. The molecule has 2 atom stereocenters. The number of aliphatic carboxylic acids is 1. The summed E-state index contributed by atoms with van der Waals surface area (Å²) in [5.41, 5.74) is 3.39. The highest BCUT2D eigenvalue weighted by Gasteiger charge is 2.35. The molecular weight excluding hydrogens is 487 g/mol. The van der Waals surface area contributed by atoms with Crippen molar-refractivity contribution in [3.05, 3.63) is 82.3 Å². The van der Waals surface area contributed by atoms with E-state index in [0.29, 0.717) is 39.8 Å². The fourth-order valence-corrected chi connectivity index (χ4v) is 4.86. The maximum atomic E-state index is 13.0. The summed E-state index contributed by atoms with van der Waals surface area (Å²) in [4.78, 5) is 36.8. The van der Waals surface area contributed by atoms with Gasteiger partial charge in [0, 0.05) is 22.2 Å². The van der Waals surface area contributed by atoms with Crippen LogP contribution in [-0.2, 0) is 4.79 Å². The number of amides is 2. The van der Waals surface area contributed by atoms with Crippen molar-refractivity contribution in [3.8, 4) is 11.1 Å². The second-order valence-electron chi connectivity index (χ2n) is 8.56. The lowest BCUT2D eigenvalue weighted by molar-refractivity contribution is -0.144. The van der Waals surface area contributed by atoms with Gasteiger partial charge in [-0.15, -0.1) is 0 Å². The fraction of sp³-hybridized carbons (Fsp3) is 0.222. The molecule has 3 aromatic rings. The molecule has 6 nitrogen and oxygen atoms in total. The minimum absolute atomic E-state index is 0.102. The second kappa shape index (κ2) is 10.9. The molecule has 8 heteroatoms. The van der Waals surface area contributed by atoms with Crippen LogP contribution >= 0.6 is 23.2 Å². The number of ketones is 1. The largest absolute Gasteiger partial charge is 0.481 e. The summed E-state index contributed by atoms with van der Waals surface area (Å²) >= 11 is 12.0. The highest BCUT2D eigenvalue weighted by Crippen LogP contribution is 2.33. The quantitative estimate of drug-likeness (QED) is 0.301. The molecule has 0 aliphatic heterocycles. The number of carboxylic acids is 1. The molecule has 0 aromatic heterocycles. The number of anilines is 2. The van der Waals surface area contributed by atoms with Crippen LogP contribution in [0.15, 0.2) is 66.7 Å². The van der Waals surface area contributed by atoms with Gasteiger partial charge >= 0.3 is 12.0 Å². The lowest BCUT2D eigenvalue weighted by Crippen LogP contribution is -2.32. The third-order valence-electron chi connectivity index (χ3n) is 6.24. The number of benzene rings is 3. The van der Waals surface area contributed by atoms with Crippen molar-refractivity contribution in [2.45, 2.75) is 25.7 Å². The molecule has 1 aliphatic rings. The molecule has 0 unspecified atom stereocenters. The van der Waals surface area contributed by atoms with Gasteiger partial charge in [-0.1, -0.05) is 72.4 Å². The average molecular weight is 511 g/mol. The number of rotatable bonds is 6. The molecule has 0 radical (unpaired) electrons. The Hall–Kier alpha value is -3.35. The molecule has 0 bridgehead atoms. The van der Waals surface area contributed by atoms with Crippen LogP contribution in [0.2, 0.25) is 10.0 Å². The fourth-order valence-electron chi connectivity index (χ4n) is 4.40. The van der Waals surface area contributed by atoms with Crippen LogP contribution in [-0.4, -0.2) is 22.9 Å². The van der Waals surface area contributed by atoms with E-state index in [2.05, 4.69) is 10.6 Å². The van der Waals surface area contributed by atoms with Gasteiger partial charge in [-0.2, -0.15) is 0 Å². The van der Waals surface area contributed by atoms with Gasteiger partial charge in [0.1, 0.15) is 0 Å². The van der Waals surface area contributed by atoms with Gasteiger partial charge < -0.3 is 15.7 Å². The zero-order chi connectivity index (χ0) is 24.9. The summed E-state index contributed by atoms with van der Waals surface area (Å²) in [5, 5.41) is 15.7. The number of hydrogen-bond acceptors (Lipinski definition) is 3. The van der Waals surface area contributed by atoms with Crippen molar-refractivity contribution in [2.75, 3.05) is 10.6 Å². The molecule has 3 N–H and O–H groups in total. The van der Waals surface area contributed by atoms with E-state index in [1.54, 1.807) is 42.5 Å². The number of carbonyl (C=O) groups excluding carboxylic acids is 2. The van der Waals surface area contributed by atoms with Crippen molar-refractivity contribution in [1.82, 2.24) is 0 Å². The molecular formula is C27H24Cl2N2O4. The molecule has 35 heavy (non-hydrogen) atoms. The van der Waals surface area contributed by atoms with Crippen molar-refractivity contribution in [2.24, 2.45) is 11.8 Å². The van der Waals surface area contributed by atoms with E-state index in [-0.39, 0.29) is 5.78 Å². The van der Waals surface area contributed by atoms with E-state index in [1.807, 2.05) is 24.3 Å². The summed E-state index contributed by atoms with van der Waals surface area (Å²) in [7, 11) is 0. The zero-order valence-electron chi connectivity index (χ0n) is 18.8. The summed E-state index contributed by atoms with van der Waals surface area (Å²) in [5.74, 6) is -2.07. The number of carbonyl (C=O) groups is 3. The Balaban J connectivity index is 1.39. The Bertz CT molecular complexity index is 1240. The molecule has 0 spiro atoms. The number of nitrogens with one attached hydrogen (secondary N) is 2. The summed E-state index contributed by atoms with van der Waals surface area (Å²) in [6.45, 7) is 0. The van der Waals surface area contributed by atoms with E-state index >= 15 is 0 Å². The van der Waals surface area contributed by atoms with Crippen molar-refractivity contribution in [1.29, 1.82) is 0 Å². The number of hydrogen-bond donors (Lipinski definition) is 3. The van der Waals surface area contributed by atoms with Crippen molar-refractivity contribution >= 4 is 52.4 Å². The van der Waals surface area contributed by atoms with Crippen LogP contribution in [0.4, 0.5) is 16.2 Å². The van der Waals surface area contributed by atoms with Gasteiger partial charge in [-0.05, 0) is 54.3 Å². The van der Waals surface area contributed by atoms with E-state index in [0.717, 1.165) is 24.0 Å². The van der Waals surface area contributed by atoms with Gasteiger partial charge in [-0.3, -0.25) is 9.59 Å². The van der Waals surface area contributed by atoms with Gasteiger partial charge in [0.15, 0.2) is 5.78 Å². The summed E-state index contributed by atoms with van der Waals surface area (Å²) in [6.07, 6.45) is 2.89. The molecule has 3 aromatic carbocycles. The molecule has 0 heterocycles. The minimum Gasteiger partial charge on any atom is -0.481 e. The Morgan fingerprint density at radius 1 is 0.771 bits per heavy atom. The van der Waals surface area contributed by atoms with E-state index in [4.69, 9.17) is 23.2 Å². The monoisotopic (exact) mass is 510 g/mol. The van der Waals surface area contributed by atoms with Crippen molar-refractivity contribution in [3.63, 3.8) is 0 Å². The highest BCUT2D eigenvalue weighted by atomic mass is 35.5. The highest BCUT2D eigenvalue weighted by molar-refractivity contribution is 6.36. The first kappa shape index (κ1) is 24.8. The first-order valence-corrected chi connectivity index (χ1v) is 12.1. The minimum atomic E-state index is -0.890. The molecule has 2 amide bonds. The van der Waals surface area contributed by atoms with E-state index in [1.165, 1.54) is 0 Å². The van der Waals surface area contributed by atoms with Crippen LogP contribution in [0, 0.1) is 11.8 Å². The Labute approximate surface area is 213 Å². The molecule has 4 rings (SSSR count). The third-order valence-corrected chi connectivity index (χ3v) is 6.79. The topological polar surface area (TPSA) is 95.5 Å². The van der Waals surface area contributed by atoms with E-state index in [9.17, 15) is 19.5 Å². The second-order valence-corrected chi connectivity index (χ2v) is 9.40. The van der Waals surface area contributed by atoms with Gasteiger partial charge in [-0.25, -0.2) is 4.79 Å². The van der Waals surface area contributed by atoms with E-state index < -0.39 is 23.8 Å². The first-order chi connectivity index (χ1) is 16.8. The number of carboxylic acid groups (broad SMARTS) is 1. The maximum Gasteiger partial charge on any atom is 0.323 e. The number of halogens is 2. The van der Waals surface area contributed by atoms with Gasteiger partial charge in [0.05, 0.1) is 16.6 Å². The number of Topliss-reactive ketones (excluding diaryl/α,β-unsaturated/α-hetero) is 1. The number of urea groups is 1. The lowest BCUT2D eigenvalue weighted by Gasteiger charge is -2.27. The molecule has 1 fully saturated rings. The molecule has 1 saturated carbocycles. The SMILES string of the molecule is O=C(Nc1ccc(-c2ccc(C(=O)[C@@H]3CCCC[C@H]3C(=O)O)cc2)cc1)Nc1ccc(Cl)cc1Cl. The predicted octanol–water partition coefficient (Wildman–Crippen LogP) is 7.38. The Kier molecular flexibility index (Phi) is 7.73. The summed E-state index contributed by atoms with van der Waals surface area (Å²) < 4.78 is 0. The van der Waals surface area contributed by atoms with Crippen LogP contribution in [0.3, 0.4) is 0 Å². The first-order valence-electron chi connectivity index (χ1n) is 11.3. The average Bonchev–Trinajstić information content (AvgIpc) is 2.86. The summed E-state index contributed by atoms with van der Waals surface area (Å²) in [6, 6.07) is 18.8. The zero-order valence-corrected chi connectivity index (χ0v) is 20.3. The third kappa shape index (κ3) is 6.02. The van der Waals surface area contributed by atoms with Crippen LogP contribution in [0.25, 0.3) is 11.1 Å². The van der Waals surface area contributed by atoms with Gasteiger partial charge in [0.25, 0.3) is 0 Å².